The normalized spacial score (nSPS) is 18.2. The predicted molar refractivity (Wildman–Crippen MR) is 106 cm³/mol. The molecule has 1 N–H and O–H groups in total. The van der Waals surface area contributed by atoms with Crippen molar-refractivity contribution in [3.05, 3.63) is 64.7 Å². The fraction of sp³-hybridized carbons (Fsp3) is 0.350. The van der Waals surface area contributed by atoms with Gasteiger partial charge in [0.1, 0.15) is 6.04 Å². The molecule has 0 aromatic heterocycles. The Kier molecular flexibility index (Phi) is 6.19. The molecule has 1 aliphatic heterocycles. The minimum absolute atomic E-state index is 0.137. The highest BCUT2D eigenvalue weighted by atomic mass is 35.5. The van der Waals surface area contributed by atoms with Gasteiger partial charge in [-0.2, -0.15) is 4.31 Å². The molecule has 1 unspecified atom stereocenters. The molecule has 5 nitrogen and oxygen atoms in total. The van der Waals surface area contributed by atoms with E-state index in [0.717, 1.165) is 24.0 Å². The van der Waals surface area contributed by atoms with Crippen LogP contribution in [0, 0.1) is 6.92 Å². The van der Waals surface area contributed by atoms with Gasteiger partial charge in [-0.15, -0.1) is 0 Å². The Morgan fingerprint density at radius 1 is 1.11 bits per heavy atom. The maximum atomic E-state index is 13.4. The third-order valence-corrected chi connectivity index (χ3v) is 6.98. The molecule has 144 valence electrons. The van der Waals surface area contributed by atoms with Gasteiger partial charge in [0.05, 0.1) is 4.90 Å². The zero-order valence-corrected chi connectivity index (χ0v) is 16.8. The molecule has 27 heavy (non-hydrogen) atoms. The SMILES string of the molecule is Cc1ccccc1CN(C1CCCCNC1=O)S(=O)(=O)c1ccc(Cl)cc1. The quantitative estimate of drug-likeness (QED) is 0.826. The van der Waals surface area contributed by atoms with Gasteiger partial charge in [-0.1, -0.05) is 35.9 Å². The Hall–Kier alpha value is -1.89. The van der Waals surface area contributed by atoms with Gasteiger partial charge in [0.15, 0.2) is 0 Å². The smallest absolute Gasteiger partial charge is 0.244 e. The molecule has 2 aromatic carbocycles. The summed E-state index contributed by atoms with van der Waals surface area (Å²) in [7, 11) is -3.87. The highest BCUT2D eigenvalue weighted by Crippen LogP contribution is 2.26. The number of hydrogen-bond acceptors (Lipinski definition) is 3. The van der Waals surface area contributed by atoms with Crippen LogP contribution in [0.25, 0.3) is 0 Å². The summed E-state index contributed by atoms with van der Waals surface area (Å²) in [5.41, 5.74) is 1.87. The Morgan fingerprint density at radius 2 is 1.81 bits per heavy atom. The van der Waals surface area contributed by atoms with E-state index in [2.05, 4.69) is 5.32 Å². The number of sulfonamides is 1. The highest BCUT2D eigenvalue weighted by molar-refractivity contribution is 7.89. The second kappa shape index (κ2) is 8.42. The monoisotopic (exact) mass is 406 g/mol. The van der Waals surface area contributed by atoms with Crippen molar-refractivity contribution in [1.82, 2.24) is 9.62 Å². The first-order valence-electron chi connectivity index (χ1n) is 8.99. The molecule has 0 bridgehead atoms. The van der Waals surface area contributed by atoms with Gasteiger partial charge in [-0.25, -0.2) is 8.42 Å². The van der Waals surface area contributed by atoms with E-state index < -0.39 is 16.1 Å². The molecule has 1 heterocycles. The number of halogens is 1. The average Bonchev–Trinajstić information content (AvgIpc) is 2.85. The molecule has 1 fully saturated rings. The van der Waals surface area contributed by atoms with E-state index in [-0.39, 0.29) is 17.3 Å². The summed E-state index contributed by atoms with van der Waals surface area (Å²) >= 11 is 5.91. The third-order valence-electron chi connectivity index (χ3n) is 4.86. The van der Waals surface area contributed by atoms with Gasteiger partial charge >= 0.3 is 0 Å². The van der Waals surface area contributed by atoms with Gasteiger partial charge in [0.2, 0.25) is 15.9 Å². The number of nitrogens with zero attached hydrogens (tertiary/aromatic N) is 1. The number of hydrogen-bond donors (Lipinski definition) is 1. The molecule has 7 heteroatoms. The lowest BCUT2D eigenvalue weighted by atomic mass is 10.1. The molecule has 3 rings (SSSR count). The van der Waals surface area contributed by atoms with Crippen molar-refractivity contribution in [3.8, 4) is 0 Å². The first-order valence-corrected chi connectivity index (χ1v) is 10.8. The van der Waals surface area contributed by atoms with E-state index >= 15 is 0 Å². The van der Waals surface area contributed by atoms with Crippen LogP contribution in [-0.2, 0) is 21.4 Å². The van der Waals surface area contributed by atoms with Crippen molar-refractivity contribution in [2.24, 2.45) is 0 Å². The number of rotatable bonds is 5. The number of carbonyl (C=O) groups excluding carboxylic acids is 1. The lowest BCUT2D eigenvalue weighted by Crippen LogP contribution is -2.48. The van der Waals surface area contributed by atoms with Crippen LogP contribution in [0.5, 0.6) is 0 Å². The van der Waals surface area contributed by atoms with E-state index in [9.17, 15) is 13.2 Å². The molecular formula is C20H23ClN2O3S. The largest absolute Gasteiger partial charge is 0.355 e. The van der Waals surface area contributed by atoms with Crippen LogP contribution in [-0.4, -0.2) is 31.2 Å². The fourth-order valence-corrected chi connectivity index (χ4v) is 4.98. The van der Waals surface area contributed by atoms with Gasteiger partial charge in [-0.3, -0.25) is 4.79 Å². The highest BCUT2D eigenvalue weighted by Gasteiger charge is 2.36. The van der Waals surface area contributed by atoms with Crippen molar-refractivity contribution < 1.29 is 13.2 Å². The molecule has 0 spiro atoms. The fourth-order valence-electron chi connectivity index (χ4n) is 3.26. The Morgan fingerprint density at radius 3 is 2.52 bits per heavy atom. The molecular weight excluding hydrogens is 384 g/mol. The molecule has 1 saturated heterocycles. The summed E-state index contributed by atoms with van der Waals surface area (Å²) in [5.74, 6) is -0.237. The van der Waals surface area contributed by atoms with Crippen molar-refractivity contribution in [2.45, 2.75) is 43.7 Å². The van der Waals surface area contributed by atoms with Gasteiger partial charge in [-0.05, 0) is 61.6 Å². The van der Waals surface area contributed by atoms with Crippen molar-refractivity contribution in [3.63, 3.8) is 0 Å². The standard InChI is InChI=1S/C20H23ClN2O3S/c1-15-6-2-3-7-16(15)14-23(19-8-4-5-13-22-20(19)24)27(25,26)18-11-9-17(21)10-12-18/h2-3,6-7,9-12,19H,4-5,8,13-14H2,1H3,(H,22,24). The Bertz CT molecular complexity index is 913. The summed E-state index contributed by atoms with van der Waals surface area (Å²) in [6.07, 6.45) is 2.15. The summed E-state index contributed by atoms with van der Waals surface area (Å²) < 4.78 is 28.2. The Balaban J connectivity index is 2.04. The van der Waals surface area contributed by atoms with Crippen molar-refractivity contribution >= 4 is 27.5 Å². The zero-order chi connectivity index (χ0) is 19.4. The molecule has 1 atom stereocenters. The number of benzene rings is 2. The number of amides is 1. The van der Waals surface area contributed by atoms with Gasteiger partial charge in [0.25, 0.3) is 0 Å². The zero-order valence-electron chi connectivity index (χ0n) is 15.2. The van der Waals surface area contributed by atoms with E-state index in [0.29, 0.717) is 18.0 Å². The molecule has 0 saturated carbocycles. The van der Waals surface area contributed by atoms with E-state index in [4.69, 9.17) is 11.6 Å². The minimum Gasteiger partial charge on any atom is -0.355 e. The van der Waals surface area contributed by atoms with Crippen LogP contribution >= 0.6 is 11.6 Å². The van der Waals surface area contributed by atoms with E-state index in [1.165, 1.54) is 16.4 Å². The van der Waals surface area contributed by atoms with E-state index in [1.807, 2.05) is 31.2 Å². The van der Waals surface area contributed by atoms with Crippen molar-refractivity contribution in [1.29, 1.82) is 0 Å². The lowest BCUT2D eigenvalue weighted by molar-refractivity contribution is -0.124. The lowest BCUT2D eigenvalue weighted by Gasteiger charge is -2.29. The molecule has 2 aromatic rings. The van der Waals surface area contributed by atoms with Crippen LogP contribution < -0.4 is 5.32 Å². The molecule has 0 aliphatic carbocycles. The third kappa shape index (κ3) is 4.51. The number of nitrogens with one attached hydrogen (secondary N) is 1. The molecule has 0 radical (unpaired) electrons. The number of carbonyl (C=O) groups is 1. The minimum atomic E-state index is -3.87. The van der Waals surface area contributed by atoms with Gasteiger partial charge < -0.3 is 5.32 Å². The summed E-state index contributed by atoms with van der Waals surface area (Å²) in [6.45, 7) is 2.67. The predicted octanol–water partition coefficient (Wildman–Crippen LogP) is 3.51. The summed E-state index contributed by atoms with van der Waals surface area (Å²) in [5, 5.41) is 3.31. The second-order valence-corrected chi connectivity index (χ2v) is 9.06. The van der Waals surface area contributed by atoms with Crippen molar-refractivity contribution in [2.75, 3.05) is 6.54 Å². The number of aryl methyl sites for hydroxylation is 1. The maximum absolute atomic E-state index is 13.4. The van der Waals surface area contributed by atoms with Crippen LogP contribution in [0.3, 0.4) is 0 Å². The maximum Gasteiger partial charge on any atom is 0.244 e. The summed E-state index contributed by atoms with van der Waals surface area (Å²) in [4.78, 5) is 12.8. The van der Waals surface area contributed by atoms with Crippen LogP contribution in [0.2, 0.25) is 5.02 Å². The van der Waals surface area contributed by atoms with Gasteiger partial charge in [0, 0.05) is 18.1 Å². The first kappa shape index (κ1) is 19.9. The molecule has 1 aliphatic rings. The molecule has 1 amide bonds. The van der Waals surface area contributed by atoms with Crippen LogP contribution in [0.4, 0.5) is 0 Å². The van der Waals surface area contributed by atoms with Crippen LogP contribution in [0.1, 0.15) is 30.4 Å². The van der Waals surface area contributed by atoms with E-state index in [1.54, 1.807) is 12.1 Å². The topological polar surface area (TPSA) is 66.5 Å². The summed E-state index contributed by atoms with van der Waals surface area (Å²) in [6, 6.07) is 13.0. The van der Waals surface area contributed by atoms with Crippen LogP contribution in [0.15, 0.2) is 53.4 Å². The first-order chi connectivity index (χ1) is 12.9. The second-order valence-electron chi connectivity index (χ2n) is 6.73. The Labute approximate surface area is 165 Å². The average molecular weight is 407 g/mol.